The van der Waals surface area contributed by atoms with Gasteiger partial charge in [-0.1, -0.05) is 55.8 Å². The van der Waals surface area contributed by atoms with Crippen molar-refractivity contribution in [1.29, 1.82) is 0 Å². The molecule has 6 atom stereocenters. The first-order chi connectivity index (χ1) is 17.3. The summed E-state index contributed by atoms with van der Waals surface area (Å²) in [6, 6.07) is 14.8. The lowest BCUT2D eigenvalue weighted by Gasteiger charge is -2.56. The third kappa shape index (κ3) is 3.84. The van der Waals surface area contributed by atoms with Crippen LogP contribution in [-0.2, 0) is 14.3 Å². The molecule has 3 saturated carbocycles. The van der Waals surface area contributed by atoms with E-state index in [9.17, 15) is 9.59 Å². The van der Waals surface area contributed by atoms with Gasteiger partial charge in [-0.25, -0.2) is 0 Å². The Morgan fingerprint density at radius 2 is 1.78 bits per heavy atom. The van der Waals surface area contributed by atoms with E-state index in [0.717, 1.165) is 50.5 Å². The highest BCUT2D eigenvalue weighted by Crippen LogP contribution is 2.65. The predicted molar refractivity (Wildman–Crippen MR) is 145 cm³/mol. The summed E-state index contributed by atoms with van der Waals surface area (Å²) in [5.74, 6) is 1.81. The summed E-state index contributed by atoms with van der Waals surface area (Å²) in [4.78, 5) is 27.8. The number of Topliss-reactive ketones (excluding diaryl/α,β-unsaturated/α-hetero) is 1. The van der Waals surface area contributed by atoms with Gasteiger partial charge < -0.3 is 4.74 Å². The van der Waals surface area contributed by atoms with Crippen molar-refractivity contribution in [2.45, 2.75) is 71.8 Å². The maximum absolute atomic E-state index is 13.8. The van der Waals surface area contributed by atoms with Crippen LogP contribution in [0.5, 0.6) is 0 Å². The number of carbonyl (C=O) groups excluding carboxylic acids is 2. The van der Waals surface area contributed by atoms with Crippen LogP contribution in [0, 0.1) is 28.6 Å². The normalized spacial score (nSPS) is 36.6. The summed E-state index contributed by atoms with van der Waals surface area (Å²) in [7, 11) is 0. The van der Waals surface area contributed by atoms with Crippen molar-refractivity contribution in [3.8, 4) is 10.4 Å². The number of rotatable bonds is 3. The first-order valence-electron chi connectivity index (χ1n) is 13.6. The van der Waals surface area contributed by atoms with Crippen LogP contribution in [0.2, 0.25) is 0 Å². The molecule has 36 heavy (non-hydrogen) atoms. The number of carbonyl (C=O) groups is 2. The monoisotopic (exact) mass is 500 g/mol. The van der Waals surface area contributed by atoms with E-state index in [2.05, 4.69) is 62.4 Å². The van der Waals surface area contributed by atoms with E-state index in [-0.39, 0.29) is 22.9 Å². The van der Waals surface area contributed by atoms with Gasteiger partial charge >= 0.3 is 5.97 Å². The van der Waals surface area contributed by atoms with Gasteiger partial charge in [0.2, 0.25) is 0 Å². The molecule has 0 unspecified atom stereocenters. The van der Waals surface area contributed by atoms with Crippen LogP contribution in [-0.4, -0.2) is 17.9 Å². The van der Waals surface area contributed by atoms with E-state index in [1.54, 1.807) is 11.3 Å². The van der Waals surface area contributed by atoms with E-state index >= 15 is 0 Å². The van der Waals surface area contributed by atoms with Gasteiger partial charge in [0.1, 0.15) is 6.10 Å². The Labute approximate surface area is 218 Å². The minimum Gasteiger partial charge on any atom is -0.462 e. The average Bonchev–Trinajstić information content (AvgIpc) is 3.43. The third-order valence-corrected chi connectivity index (χ3v) is 11.1. The maximum atomic E-state index is 13.8. The van der Waals surface area contributed by atoms with Crippen molar-refractivity contribution >= 4 is 29.2 Å². The van der Waals surface area contributed by atoms with Crippen LogP contribution in [0.25, 0.3) is 16.5 Å². The molecule has 4 heteroatoms. The van der Waals surface area contributed by atoms with Crippen molar-refractivity contribution in [3.05, 3.63) is 64.6 Å². The van der Waals surface area contributed by atoms with Gasteiger partial charge in [0.15, 0.2) is 5.78 Å². The van der Waals surface area contributed by atoms with Crippen LogP contribution in [0.3, 0.4) is 0 Å². The number of benzene rings is 1. The molecule has 1 aromatic carbocycles. The molecule has 6 rings (SSSR count). The highest BCUT2D eigenvalue weighted by molar-refractivity contribution is 7.16. The molecule has 0 spiro atoms. The Kier molecular flexibility index (Phi) is 5.87. The molecule has 3 fully saturated rings. The predicted octanol–water partition coefficient (Wildman–Crippen LogP) is 7.87. The van der Waals surface area contributed by atoms with Crippen LogP contribution >= 0.6 is 11.3 Å². The van der Waals surface area contributed by atoms with Gasteiger partial charge in [-0.15, -0.1) is 11.3 Å². The van der Waals surface area contributed by atoms with Crippen LogP contribution in [0.15, 0.2) is 59.7 Å². The molecule has 1 heterocycles. The number of ketones is 1. The average molecular weight is 501 g/mol. The molecule has 188 valence electrons. The Morgan fingerprint density at radius 1 is 1.00 bits per heavy atom. The van der Waals surface area contributed by atoms with Crippen molar-refractivity contribution in [1.82, 2.24) is 0 Å². The van der Waals surface area contributed by atoms with Crippen LogP contribution in [0.4, 0.5) is 0 Å². The number of thiophene rings is 1. The maximum Gasteiger partial charge on any atom is 0.302 e. The molecule has 1 aromatic heterocycles. The zero-order chi connectivity index (χ0) is 25.1. The molecule has 0 aliphatic heterocycles. The largest absolute Gasteiger partial charge is 0.462 e. The van der Waals surface area contributed by atoms with E-state index < -0.39 is 0 Å². The Bertz CT molecular complexity index is 1250. The molecule has 0 amide bonds. The summed E-state index contributed by atoms with van der Waals surface area (Å²) in [5, 5.41) is 0. The first-order valence-corrected chi connectivity index (χ1v) is 14.4. The summed E-state index contributed by atoms with van der Waals surface area (Å²) < 4.78 is 5.59. The Hall–Kier alpha value is -2.46. The number of hydrogen-bond acceptors (Lipinski definition) is 4. The summed E-state index contributed by atoms with van der Waals surface area (Å²) in [6.45, 7) is 6.22. The summed E-state index contributed by atoms with van der Waals surface area (Å²) >= 11 is 1.77. The van der Waals surface area contributed by atoms with Crippen molar-refractivity contribution < 1.29 is 14.3 Å². The quantitative estimate of drug-likeness (QED) is 0.245. The van der Waals surface area contributed by atoms with Gasteiger partial charge in [-0.05, 0) is 91.0 Å². The third-order valence-electron chi connectivity index (χ3n) is 10.0. The number of fused-ring (bicyclic) bond motifs is 5. The Balaban J connectivity index is 1.25. The fourth-order valence-corrected chi connectivity index (χ4v) is 9.10. The minimum absolute atomic E-state index is 0.0291. The molecular weight excluding hydrogens is 464 g/mol. The van der Waals surface area contributed by atoms with E-state index in [1.165, 1.54) is 27.8 Å². The number of esters is 1. The SMILES string of the molecule is CC(=O)O[C@@H]1CC[C@@]2(C)C(=CC[C@H]3[C@H]2CC[C@]2(C)C(=O)/C(=C/c4ccc(-c5ccccc5)s4)C[C@H]32)C1. The first kappa shape index (κ1) is 23.9. The second kappa shape index (κ2) is 8.83. The molecule has 4 aliphatic carbocycles. The smallest absolute Gasteiger partial charge is 0.302 e. The molecule has 0 bridgehead atoms. The van der Waals surface area contributed by atoms with Crippen LogP contribution < -0.4 is 0 Å². The second-order valence-electron chi connectivity index (χ2n) is 12.0. The lowest BCUT2D eigenvalue weighted by molar-refractivity contribution is -0.148. The summed E-state index contributed by atoms with van der Waals surface area (Å²) in [5.41, 5.74) is 3.70. The molecule has 4 aliphatic rings. The number of allylic oxidation sites excluding steroid dienone is 2. The van der Waals surface area contributed by atoms with Crippen molar-refractivity contribution in [2.24, 2.45) is 28.6 Å². The van der Waals surface area contributed by atoms with Crippen molar-refractivity contribution in [3.63, 3.8) is 0 Å². The fraction of sp³-hybridized carbons (Fsp3) is 0.500. The second-order valence-corrected chi connectivity index (χ2v) is 13.1. The zero-order valence-corrected chi connectivity index (χ0v) is 22.4. The molecule has 0 radical (unpaired) electrons. The Morgan fingerprint density at radius 3 is 2.56 bits per heavy atom. The van der Waals surface area contributed by atoms with E-state index in [1.807, 2.05) is 6.07 Å². The van der Waals surface area contributed by atoms with E-state index in [0.29, 0.717) is 23.5 Å². The van der Waals surface area contributed by atoms with Gasteiger partial charge in [-0.2, -0.15) is 0 Å². The van der Waals surface area contributed by atoms with Gasteiger partial charge in [0.25, 0.3) is 0 Å². The highest BCUT2D eigenvalue weighted by atomic mass is 32.1. The minimum atomic E-state index is -0.233. The molecule has 2 aromatic rings. The summed E-state index contributed by atoms with van der Waals surface area (Å²) in [6.07, 6.45) is 11.7. The van der Waals surface area contributed by atoms with Crippen molar-refractivity contribution in [2.75, 3.05) is 0 Å². The lowest BCUT2D eigenvalue weighted by atomic mass is 9.48. The molecular formula is C32H36O3S. The molecule has 0 N–H and O–H groups in total. The molecule has 3 nitrogen and oxygen atoms in total. The standard InChI is InChI=1S/C32H36O3S/c1-20(33)35-24-13-15-31(2)23(19-24)9-11-26-27(31)14-16-32(3)28(26)18-22(30(32)34)17-25-10-12-29(36-25)21-7-5-4-6-8-21/h4-10,12,17,24,26-28H,11,13-16,18-19H2,1-3H3/b22-17+/t24-,26+,27-,28-,31+,32+/m1/s1. The zero-order valence-electron chi connectivity index (χ0n) is 21.6. The van der Waals surface area contributed by atoms with Gasteiger partial charge in [-0.3, -0.25) is 9.59 Å². The van der Waals surface area contributed by atoms with Crippen LogP contribution in [0.1, 0.15) is 70.6 Å². The van der Waals surface area contributed by atoms with Gasteiger partial charge in [0, 0.05) is 28.5 Å². The van der Waals surface area contributed by atoms with Gasteiger partial charge in [0.05, 0.1) is 0 Å². The fourth-order valence-electron chi connectivity index (χ4n) is 8.12. The highest BCUT2D eigenvalue weighted by Gasteiger charge is 2.60. The number of hydrogen-bond donors (Lipinski definition) is 0. The lowest BCUT2D eigenvalue weighted by Crippen LogP contribution is -2.50. The molecule has 0 saturated heterocycles. The number of ether oxygens (including phenoxy) is 1. The topological polar surface area (TPSA) is 43.4 Å². The van der Waals surface area contributed by atoms with E-state index in [4.69, 9.17) is 4.74 Å².